The molecule has 6 N–H and O–H groups in total. The Morgan fingerprint density at radius 1 is 1.10 bits per heavy atom. The van der Waals surface area contributed by atoms with Gasteiger partial charge in [-0.3, -0.25) is 23.3 Å². The number of carbonyl (C=O) groups is 2. The fourth-order valence-corrected chi connectivity index (χ4v) is 6.95. The predicted octanol–water partition coefficient (Wildman–Crippen LogP) is -4.48. The van der Waals surface area contributed by atoms with Crippen molar-refractivity contribution >= 4 is 52.3 Å². The third-order valence-electron chi connectivity index (χ3n) is 6.68. The minimum absolute atomic E-state index is 0.0155. The van der Waals surface area contributed by atoms with E-state index in [-0.39, 0.29) is 43.1 Å². The molecule has 278 valence electrons. The van der Waals surface area contributed by atoms with Gasteiger partial charge in [-0.2, -0.15) is 0 Å². The number of hydrogen-bond acceptors (Lipinski definition) is 21. The van der Waals surface area contributed by atoms with Crippen LogP contribution in [0.2, 0.25) is 0 Å². The van der Waals surface area contributed by atoms with Crippen molar-refractivity contribution in [3.63, 3.8) is 0 Å². The van der Waals surface area contributed by atoms with E-state index in [0.717, 1.165) is 17.2 Å². The molecule has 1 saturated heterocycles. The number of amides is 2. The number of nitrogens with one attached hydrogen (secondary N) is 2. The first-order chi connectivity index (χ1) is 22.7. The monoisotopic (exact) mass is 761 g/mol. The topological polar surface area (TPSA) is 367 Å². The second-order valence-electron chi connectivity index (χ2n) is 11.0. The number of phosphoric ester groups is 3. The molecular weight excluding hydrogens is 727 g/mol. The largest absolute Gasteiger partial charge is 0.790 e. The number of aliphatic hydroxyl groups is 2. The van der Waals surface area contributed by atoms with E-state index < -0.39 is 84.6 Å². The van der Waals surface area contributed by atoms with Crippen LogP contribution < -0.4 is 35.9 Å². The molecule has 0 radical (unpaired) electrons. The van der Waals surface area contributed by atoms with Gasteiger partial charge >= 0.3 is 0 Å². The van der Waals surface area contributed by atoms with Gasteiger partial charge in [0.05, 0.1) is 34.0 Å². The highest BCUT2D eigenvalue weighted by Crippen LogP contribution is 2.56. The number of carbonyl (C=O) groups excluding carboxylic acids is 2. The van der Waals surface area contributed by atoms with Crippen molar-refractivity contribution < 1.29 is 80.4 Å². The van der Waals surface area contributed by atoms with Gasteiger partial charge in [-0.25, -0.2) is 19.3 Å². The standard InChI is InChI=1S/C22H38N7O17P3/c1-22(2,17(32)20(33)25-5-4-13(30)24-6-7-41-3)9-43-49(39,40)46-48(37,38)42-8-12-16(45-47(34,35)36)15(31)21(44-12)29-11-28-14-18(23)26-10-27-19(14)29/h10-12,15-17,21,31-32H,4-9H2,1-3H3,(H,24,30)(H,25,33)(H,37,38)(H,39,40)(H2,23,26,27)(H2,34,35,36)/p-4. The maximum Gasteiger partial charge on any atom is 0.274 e. The number of ether oxygens (including phenoxy) is 2. The van der Waals surface area contributed by atoms with Crippen molar-refractivity contribution in [2.75, 3.05) is 45.8 Å². The number of anilines is 1. The van der Waals surface area contributed by atoms with Gasteiger partial charge in [-0.15, -0.1) is 0 Å². The number of nitrogens with two attached hydrogens (primary N) is 1. The van der Waals surface area contributed by atoms with E-state index >= 15 is 0 Å². The lowest BCUT2D eigenvalue weighted by molar-refractivity contribution is -0.347. The molecule has 2 aromatic rings. The van der Waals surface area contributed by atoms with E-state index in [2.05, 4.69) is 43.5 Å². The van der Waals surface area contributed by atoms with Crippen LogP contribution in [-0.2, 0) is 50.6 Å². The van der Waals surface area contributed by atoms with E-state index in [9.17, 15) is 53.1 Å². The molecule has 0 bridgehead atoms. The van der Waals surface area contributed by atoms with Crippen LogP contribution in [0.1, 0.15) is 26.5 Å². The molecule has 49 heavy (non-hydrogen) atoms. The molecule has 3 heterocycles. The zero-order valence-electron chi connectivity index (χ0n) is 26.0. The summed E-state index contributed by atoms with van der Waals surface area (Å²) >= 11 is 0. The van der Waals surface area contributed by atoms with E-state index in [0.29, 0.717) is 0 Å². The zero-order valence-corrected chi connectivity index (χ0v) is 28.7. The van der Waals surface area contributed by atoms with Crippen LogP contribution in [-0.4, -0.2) is 106 Å². The molecule has 1 fully saturated rings. The Bertz CT molecular complexity index is 1610. The number of phosphoric acid groups is 3. The first-order valence-corrected chi connectivity index (χ1v) is 18.4. The van der Waals surface area contributed by atoms with Crippen LogP contribution in [0.25, 0.3) is 11.2 Å². The number of nitrogens with zero attached hydrogens (tertiary/aromatic N) is 4. The van der Waals surface area contributed by atoms with Gasteiger partial charge in [0.25, 0.3) is 15.6 Å². The number of methoxy groups -OCH3 is 1. The Morgan fingerprint density at radius 2 is 1.78 bits per heavy atom. The maximum absolute atomic E-state index is 12.4. The van der Waals surface area contributed by atoms with Crippen LogP contribution in [0.15, 0.2) is 12.7 Å². The summed E-state index contributed by atoms with van der Waals surface area (Å²) in [6.45, 7) is 0.509. The number of hydrogen-bond donors (Lipinski definition) is 5. The highest BCUT2D eigenvalue weighted by Gasteiger charge is 2.47. The van der Waals surface area contributed by atoms with Gasteiger partial charge in [0.1, 0.15) is 36.3 Å². The summed E-state index contributed by atoms with van der Waals surface area (Å²) in [5.74, 6) is -1.48. The van der Waals surface area contributed by atoms with Gasteiger partial charge in [0, 0.05) is 32.0 Å². The summed E-state index contributed by atoms with van der Waals surface area (Å²) in [7, 11) is -16.1. The normalized spacial score (nSPS) is 23.1. The van der Waals surface area contributed by atoms with Gasteiger partial charge in [-0.05, 0) is 0 Å². The summed E-state index contributed by atoms with van der Waals surface area (Å²) in [6, 6.07) is 0. The van der Waals surface area contributed by atoms with Gasteiger partial charge < -0.3 is 73.8 Å². The van der Waals surface area contributed by atoms with Crippen molar-refractivity contribution in [3.8, 4) is 0 Å². The number of imidazole rings is 1. The molecule has 24 nitrogen and oxygen atoms in total. The van der Waals surface area contributed by atoms with Crippen molar-refractivity contribution in [1.29, 1.82) is 0 Å². The molecule has 7 unspecified atom stereocenters. The molecule has 1 aliphatic rings. The first-order valence-electron chi connectivity index (χ1n) is 14.0. The summed E-state index contributed by atoms with van der Waals surface area (Å²) in [5.41, 5.74) is 4.10. The number of rotatable bonds is 19. The average Bonchev–Trinajstić information content (AvgIpc) is 3.55. The van der Waals surface area contributed by atoms with Crippen molar-refractivity contribution in [1.82, 2.24) is 30.2 Å². The van der Waals surface area contributed by atoms with Crippen molar-refractivity contribution in [2.45, 2.75) is 50.9 Å². The molecule has 0 aliphatic carbocycles. The van der Waals surface area contributed by atoms with Crippen LogP contribution >= 0.6 is 23.5 Å². The number of fused-ring (bicyclic) bond motifs is 1. The van der Waals surface area contributed by atoms with Crippen molar-refractivity contribution in [2.24, 2.45) is 5.41 Å². The Balaban J connectivity index is 1.59. The van der Waals surface area contributed by atoms with Gasteiger partial charge in [0.2, 0.25) is 11.8 Å². The fraction of sp³-hybridized carbons (Fsp3) is 0.682. The molecular formula is C22H34N7O17P3-4. The lowest BCUT2D eigenvalue weighted by atomic mass is 9.87. The Labute approximate surface area is 277 Å². The fourth-order valence-electron chi connectivity index (χ4n) is 4.21. The van der Waals surface area contributed by atoms with E-state index in [4.69, 9.17) is 15.2 Å². The molecule has 7 atom stereocenters. The van der Waals surface area contributed by atoms with E-state index in [1.165, 1.54) is 21.0 Å². The third-order valence-corrected chi connectivity index (χ3v) is 9.69. The Morgan fingerprint density at radius 3 is 2.43 bits per heavy atom. The second-order valence-corrected chi connectivity index (χ2v) is 15.0. The minimum atomic E-state index is -5.89. The van der Waals surface area contributed by atoms with Crippen LogP contribution in [0.4, 0.5) is 5.82 Å². The molecule has 0 saturated carbocycles. The highest BCUT2D eigenvalue weighted by molar-refractivity contribution is 7.59. The van der Waals surface area contributed by atoms with Gasteiger partial charge in [-0.1, -0.05) is 13.8 Å². The summed E-state index contributed by atoms with van der Waals surface area (Å²) in [4.78, 5) is 83.2. The Hall–Kier alpha value is -2.50. The van der Waals surface area contributed by atoms with Crippen LogP contribution in [0.3, 0.4) is 0 Å². The van der Waals surface area contributed by atoms with E-state index in [1.54, 1.807) is 0 Å². The SMILES string of the molecule is COCCNC(=O)CCNC(=O)C(O)C(C)(C)COP(=O)([O-])OP(=O)([O-])OCC1OC(n2cnc3c(N)ncnc32)C(O)C1OP(=O)([O-])[O-]. The number of nitrogen functional groups attached to an aromatic ring is 1. The number of aliphatic hydroxyl groups excluding tert-OH is 2. The average molecular weight is 761 g/mol. The van der Waals surface area contributed by atoms with Crippen LogP contribution in [0.5, 0.6) is 0 Å². The van der Waals surface area contributed by atoms with Crippen LogP contribution in [0, 0.1) is 5.41 Å². The van der Waals surface area contributed by atoms with E-state index in [1.807, 2.05) is 0 Å². The first kappa shape index (κ1) is 40.9. The smallest absolute Gasteiger partial charge is 0.274 e. The Kier molecular flexibility index (Phi) is 13.9. The molecule has 2 amide bonds. The summed E-state index contributed by atoms with van der Waals surface area (Å²) in [5, 5.41) is 26.0. The molecule has 1 aliphatic heterocycles. The predicted molar refractivity (Wildman–Crippen MR) is 153 cm³/mol. The minimum Gasteiger partial charge on any atom is -0.790 e. The summed E-state index contributed by atoms with van der Waals surface area (Å²) in [6.07, 6.45) is -7.45. The molecule has 27 heteroatoms. The second kappa shape index (κ2) is 16.7. The van der Waals surface area contributed by atoms with Crippen molar-refractivity contribution in [3.05, 3.63) is 12.7 Å². The molecule has 3 rings (SSSR count). The lowest BCUT2D eigenvalue weighted by Gasteiger charge is -2.36. The summed E-state index contributed by atoms with van der Waals surface area (Å²) < 4.78 is 64.9. The molecule has 0 spiro atoms. The van der Waals surface area contributed by atoms with Gasteiger partial charge in [0.15, 0.2) is 17.7 Å². The number of aromatic nitrogens is 4. The molecule has 0 aromatic carbocycles. The maximum atomic E-state index is 12.4. The quantitative estimate of drug-likeness (QED) is 0.0665. The molecule has 2 aromatic heterocycles. The zero-order chi connectivity index (χ0) is 36.8. The lowest BCUT2D eigenvalue weighted by Crippen LogP contribution is -2.46. The third kappa shape index (κ3) is 11.8. The highest BCUT2D eigenvalue weighted by atomic mass is 31.3.